The van der Waals surface area contributed by atoms with Crippen molar-refractivity contribution in [3.8, 4) is 0 Å². The van der Waals surface area contributed by atoms with Crippen molar-refractivity contribution in [2.75, 3.05) is 0 Å². The van der Waals surface area contributed by atoms with E-state index in [1.54, 1.807) is 0 Å². The van der Waals surface area contributed by atoms with E-state index in [1.807, 2.05) is 0 Å². The highest BCUT2D eigenvalue weighted by Gasteiger charge is 2.03. The Bertz CT molecular complexity index is 583. The first-order valence-corrected chi connectivity index (χ1v) is 6.26. The van der Waals surface area contributed by atoms with Crippen LogP contribution in [0.1, 0.15) is 18.4 Å². The fourth-order valence-corrected chi connectivity index (χ4v) is 2.47. The summed E-state index contributed by atoms with van der Waals surface area (Å²) in [5, 5.41) is 2.72. The van der Waals surface area contributed by atoms with Crippen molar-refractivity contribution in [3.63, 3.8) is 0 Å². The smallest absolute Gasteiger partial charge is 0.00229 e. The zero-order valence-corrected chi connectivity index (χ0v) is 9.89. The molecule has 0 nitrogen and oxygen atoms in total. The van der Waals surface area contributed by atoms with Gasteiger partial charge in [-0.3, -0.25) is 0 Å². The zero-order valence-electron chi connectivity index (χ0n) is 9.89. The van der Waals surface area contributed by atoms with Crippen LogP contribution in [0.5, 0.6) is 0 Å². The van der Waals surface area contributed by atoms with Gasteiger partial charge in [-0.15, -0.1) is 0 Å². The maximum absolute atomic E-state index is 2.36. The lowest BCUT2D eigenvalue weighted by molar-refractivity contribution is 0.996. The molecule has 1 aliphatic rings. The van der Waals surface area contributed by atoms with Crippen molar-refractivity contribution in [2.24, 2.45) is 0 Å². The lowest BCUT2D eigenvalue weighted by Gasteiger charge is -2.09. The van der Waals surface area contributed by atoms with Gasteiger partial charge in [0, 0.05) is 0 Å². The van der Waals surface area contributed by atoms with Crippen LogP contribution >= 0.6 is 0 Å². The molecule has 0 N–H and O–H groups in total. The molecule has 0 atom stereocenters. The lowest BCUT2D eigenvalue weighted by Crippen LogP contribution is -1.92. The zero-order chi connectivity index (χ0) is 11.5. The number of benzene rings is 2. The highest BCUT2D eigenvalue weighted by atomic mass is 14.1. The summed E-state index contributed by atoms with van der Waals surface area (Å²) in [6.45, 7) is 0. The van der Waals surface area contributed by atoms with Crippen LogP contribution in [-0.2, 0) is 6.42 Å². The van der Waals surface area contributed by atoms with E-state index in [0.29, 0.717) is 0 Å². The second kappa shape index (κ2) is 4.58. The van der Waals surface area contributed by atoms with Crippen LogP contribution in [0.25, 0.3) is 10.8 Å². The molecule has 0 radical (unpaired) electrons. The van der Waals surface area contributed by atoms with Crippen molar-refractivity contribution in [3.05, 3.63) is 71.8 Å². The van der Waals surface area contributed by atoms with Gasteiger partial charge in [-0.05, 0) is 41.2 Å². The van der Waals surface area contributed by atoms with Crippen LogP contribution < -0.4 is 0 Å². The summed E-state index contributed by atoms with van der Waals surface area (Å²) in [5.74, 6) is 0. The molecule has 0 heterocycles. The molecule has 0 aliphatic heterocycles. The van der Waals surface area contributed by atoms with Crippen molar-refractivity contribution in [2.45, 2.75) is 19.3 Å². The Balaban J connectivity index is 2.00. The molecule has 0 saturated carbocycles. The molecule has 1 aliphatic carbocycles. The largest absolute Gasteiger partial charge is 0.0840 e. The van der Waals surface area contributed by atoms with E-state index in [2.05, 4.69) is 60.7 Å². The average Bonchev–Trinajstić information content (AvgIpc) is 2.40. The average molecular weight is 220 g/mol. The molecule has 0 heteroatoms. The summed E-state index contributed by atoms with van der Waals surface area (Å²) in [4.78, 5) is 0. The van der Waals surface area contributed by atoms with Gasteiger partial charge >= 0.3 is 0 Å². The SMILES string of the molecule is C1=CC(Cc2cccc3ccccc23)=CCC1. The Kier molecular flexibility index (Phi) is 2.79. The number of fused-ring (bicyclic) bond motifs is 1. The molecule has 0 unspecified atom stereocenters. The van der Waals surface area contributed by atoms with Crippen LogP contribution in [0.4, 0.5) is 0 Å². The summed E-state index contributed by atoms with van der Waals surface area (Å²) in [5.41, 5.74) is 2.88. The minimum absolute atomic E-state index is 1.05. The van der Waals surface area contributed by atoms with Crippen molar-refractivity contribution < 1.29 is 0 Å². The summed E-state index contributed by atoms with van der Waals surface area (Å²) < 4.78 is 0. The first-order valence-electron chi connectivity index (χ1n) is 6.26. The maximum atomic E-state index is 2.36. The second-order valence-corrected chi connectivity index (χ2v) is 4.57. The molecule has 0 spiro atoms. The molecule has 0 bridgehead atoms. The van der Waals surface area contributed by atoms with Crippen LogP contribution in [-0.4, -0.2) is 0 Å². The van der Waals surface area contributed by atoms with Gasteiger partial charge in [-0.25, -0.2) is 0 Å². The first-order chi connectivity index (χ1) is 8.43. The normalized spacial score (nSPS) is 14.9. The van der Waals surface area contributed by atoms with E-state index in [9.17, 15) is 0 Å². The number of hydrogen-bond acceptors (Lipinski definition) is 0. The van der Waals surface area contributed by atoms with Gasteiger partial charge in [0.15, 0.2) is 0 Å². The van der Waals surface area contributed by atoms with Crippen molar-refractivity contribution in [1.82, 2.24) is 0 Å². The topological polar surface area (TPSA) is 0 Å². The third kappa shape index (κ3) is 2.16. The van der Waals surface area contributed by atoms with Crippen molar-refractivity contribution >= 4 is 10.8 Å². The Hall–Kier alpha value is -1.82. The molecular weight excluding hydrogens is 204 g/mol. The quantitative estimate of drug-likeness (QED) is 0.690. The molecule has 2 aromatic carbocycles. The number of rotatable bonds is 2. The third-order valence-electron chi connectivity index (χ3n) is 3.35. The summed E-state index contributed by atoms with van der Waals surface area (Å²) in [7, 11) is 0. The van der Waals surface area contributed by atoms with E-state index in [0.717, 1.165) is 6.42 Å². The molecule has 0 amide bonds. The van der Waals surface area contributed by atoms with E-state index >= 15 is 0 Å². The molecular formula is C17H16. The van der Waals surface area contributed by atoms with Gasteiger partial charge in [0.05, 0.1) is 0 Å². The molecule has 17 heavy (non-hydrogen) atoms. The fraction of sp³-hybridized carbons (Fsp3) is 0.176. The van der Waals surface area contributed by atoms with Gasteiger partial charge in [-0.2, -0.15) is 0 Å². The van der Waals surface area contributed by atoms with Gasteiger partial charge in [0.2, 0.25) is 0 Å². The Morgan fingerprint density at radius 3 is 2.65 bits per heavy atom. The minimum atomic E-state index is 1.05. The Morgan fingerprint density at radius 2 is 1.76 bits per heavy atom. The molecule has 0 aromatic heterocycles. The van der Waals surface area contributed by atoms with Gasteiger partial charge in [-0.1, -0.05) is 60.7 Å². The van der Waals surface area contributed by atoms with Crippen LogP contribution in [0.3, 0.4) is 0 Å². The van der Waals surface area contributed by atoms with Gasteiger partial charge in [0.25, 0.3) is 0 Å². The van der Waals surface area contributed by atoms with E-state index in [-0.39, 0.29) is 0 Å². The van der Waals surface area contributed by atoms with Crippen molar-refractivity contribution in [1.29, 1.82) is 0 Å². The maximum Gasteiger partial charge on any atom is -0.00229 e. The van der Waals surface area contributed by atoms with Crippen LogP contribution in [0.15, 0.2) is 66.3 Å². The summed E-state index contributed by atoms with van der Waals surface area (Å²) in [6.07, 6.45) is 10.3. The highest BCUT2D eigenvalue weighted by molar-refractivity contribution is 5.85. The number of hydrogen-bond donors (Lipinski definition) is 0. The Morgan fingerprint density at radius 1 is 0.882 bits per heavy atom. The van der Waals surface area contributed by atoms with E-state index in [1.165, 1.54) is 34.8 Å². The highest BCUT2D eigenvalue weighted by Crippen LogP contribution is 2.22. The predicted octanol–water partition coefficient (Wildman–Crippen LogP) is 4.66. The standard InChI is InChI=1S/C17H16/c1-2-7-14(8-3-1)13-16-11-6-10-15-9-4-5-12-17(15)16/h2,4-12H,1,3,13H2. The first kappa shape index (κ1) is 10.3. The van der Waals surface area contributed by atoms with Crippen LogP contribution in [0.2, 0.25) is 0 Å². The van der Waals surface area contributed by atoms with E-state index in [4.69, 9.17) is 0 Å². The fourth-order valence-electron chi connectivity index (χ4n) is 2.47. The van der Waals surface area contributed by atoms with E-state index < -0.39 is 0 Å². The number of allylic oxidation sites excluding steroid dienone is 4. The second-order valence-electron chi connectivity index (χ2n) is 4.57. The monoisotopic (exact) mass is 220 g/mol. The summed E-state index contributed by atoms with van der Waals surface area (Å²) in [6, 6.07) is 15.2. The molecule has 0 fully saturated rings. The Labute approximate surface area is 102 Å². The lowest BCUT2D eigenvalue weighted by atomic mass is 9.96. The van der Waals surface area contributed by atoms with Crippen LogP contribution in [0, 0.1) is 0 Å². The third-order valence-corrected chi connectivity index (χ3v) is 3.35. The predicted molar refractivity (Wildman–Crippen MR) is 74.1 cm³/mol. The summed E-state index contributed by atoms with van der Waals surface area (Å²) >= 11 is 0. The minimum Gasteiger partial charge on any atom is -0.0840 e. The molecule has 84 valence electrons. The molecule has 3 rings (SSSR count). The molecule has 2 aromatic rings. The van der Waals surface area contributed by atoms with Gasteiger partial charge in [0.1, 0.15) is 0 Å². The van der Waals surface area contributed by atoms with Gasteiger partial charge < -0.3 is 0 Å². The molecule has 0 saturated heterocycles.